The van der Waals surface area contributed by atoms with Crippen LogP contribution in [-0.2, 0) is 22.6 Å². The Balaban J connectivity index is 1.57. The zero-order valence-electron chi connectivity index (χ0n) is 20.2. The Morgan fingerprint density at radius 2 is 1.74 bits per heavy atom. The average molecular weight is 464 g/mol. The molecule has 0 aromatic heterocycles. The molecule has 2 atom stereocenters. The molecule has 4 rings (SSSR count). The lowest BCUT2D eigenvalue weighted by molar-refractivity contribution is -0.167. The molecule has 3 aromatic rings. The molecule has 1 heterocycles. The van der Waals surface area contributed by atoms with Crippen molar-refractivity contribution in [1.82, 2.24) is 0 Å². The molecule has 0 spiro atoms. The third kappa shape index (κ3) is 5.96. The third-order valence-corrected chi connectivity index (χ3v) is 6.10. The topological polar surface area (TPSA) is 39.7 Å². The zero-order valence-corrected chi connectivity index (χ0v) is 20.2. The molecule has 2 unspecified atom stereocenters. The smallest absolute Gasteiger partial charge is 0.132 e. The molecule has 34 heavy (non-hydrogen) atoms. The van der Waals surface area contributed by atoms with Crippen LogP contribution in [0.15, 0.2) is 72.8 Å². The summed E-state index contributed by atoms with van der Waals surface area (Å²) in [5.74, 6) is 0.575. The van der Waals surface area contributed by atoms with Gasteiger partial charge in [-0.3, -0.25) is 0 Å². The van der Waals surface area contributed by atoms with Crippen LogP contribution in [0.3, 0.4) is 0 Å². The van der Waals surface area contributed by atoms with Crippen molar-refractivity contribution in [3.8, 4) is 5.75 Å². The van der Waals surface area contributed by atoms with Gasteiger partial charge >= 0.3 is 0 Å². The van der Waals surface area contributed by atoms with E-state index in [1.807, 2.05) is 36.4 Å². The van der Waals surface area contributed by atoms with Gasteiger partial charge in [-0.2, -0.15) is 0 Å². The van der Waals surface area contributed by atoms with Gasteiger partial charge in [0.2, 0.25) is 0 Å². The normalized spacial score (nSPS) is 18.7. The molecule has 1 aliphatic rings. The van der Waals surface area contributed by atoms with Gasteiger partial charge in [-0.25, -0.2) is 4.39 Å². The number of hydrogen-bond acceptors (Lipinski definition) is 4. The van der Waals surface area contributed by atoms with Gasteiger partial charge in [0.15, 0.2) is 0 Å². The van der Waals surface area contributed by atoms with Crippen molar-refractivity contribution in [3.05, 3.63) is 95.3 Å². The SMILES string of the molecule is CCCCOC1c2cc(NCc3cccc(F)c3)ccc2OC(C)(C)C1OCc1ccccc1. The fraction of sp³-hybridized carbons (Fsp3) is 0.379. The second-order valence-electron chi connectivity index (χ2n) is 9.30. The van der Waals surface area contributed by atoms with Crippen molar-refractivity contribution in [2.75, 3.05) is 11.9 Å². The fourth-order valence-corrected chi connectivity index (χ4v) is 4.27. The Morgan fingerprint density at radius 3 is 2.50 bits per heavy atom. The largest absolute Gasteiger partial charge is 0.485 e. The Labute approximate surface area is 202 Å². The Kier molecular flexibility index (Phi) is 7.86. The highest BCUT2D eigenvalue weighted by molar-refractivity contribution is 5.54. The van der Waals surface area contributed by atoms with Crippen LogP contribution >= 0.6 is 0 Å². The monoisotopic (exact) mass is 463 g/mol. The van der Waals surface area contributed by atoms with Gasteiger partial charge in [0, 0.05) is 24.4 Å². The van der Waals surface area contributed by atoms with Crippen molar-refractivity contribution in [1.29, 1.82) is 0 Å². The molecule has 1 aliphatic heterocycles. The van der Waals surface area contributed by atoms with Gasteiger partial charge in [-0.05, 0) is 61.7 Å². The number of anilines is 1. The highest BCUT2D eigenvalue weighted by Gasteiger charge is 2.45. The van der Waals surface area contributed by atoms with Crippen molar-refractivity contribution in [2.45, 2.75) is 64.6 Å². The minimum absolute atomic E-state index is 0.233. The van der Waals surface area contributed by atoms with E-state index < -0.39 is 5.60 Å². The van der Waals surface area contributed by atoms with Crippen molar-refractivity contribution in [2.24, 2.45) is 0 Å². The molecule has 0 saturated carbocycles. The zero-order chi connectivity index (χ0) is 24.0. The third-order valence-electron chi connectivity index (χ3n) is 6.10. The van der Waals surface area contributed by atoms with E-state index in [2.05, 4.69) is 44.3 Å². The molecule has 1 N–H and O–H groups in total. The highest BCUT2D eigenvalue weighted by atomic mass is 19.1. The molecular formula is C29H34FNO3. The summed E-state index contributed by atoms with van der Waals surface area (Å²) < 4.78 is 32.9. The van der Waals surface area contributed by atoms with E-state index in [9.17, 15) is 4.39 Å². The van der Waals surface area contributed by atoms with Gasteiger partial charge in [0.1, 0.15) is 29.4 Å². The summed E-state index contributed by atoms with van der Waals surface area (Å²) in [6.07, 6.45) is 1.50. The van der Waals surface area contributed by atoms with Crippen LogP contribution in [0.25, 0.3) is 0 Å². The summed E-state index contributed by atoms with van der Waals surface area (Å²) in [5.41, 5.74) is 3.33. The number of rotatable bonds is 10. The molecule has 0 bridgehead atoms. The summed E-state index contributed by atoms with van der Waals surface area (Å²) >= 11 is 0. The van der Waals surface area contributed by atoms with E-state index in [1.54, 1.807) is 12.1 Å². The van der Waals surface area contributed by atoms with Gasteiger partial charge in [-0.1, -0.05) is 55.8 Å². The average Bonchev–Trinajstić information content (AvgIpc) is 2.82. The molecule has 0 amide bonds. The van der Waals surface area contributed by atoms with Crippen LogP contribution in [0.4, 0.5) is 10.1 Å². The maximum Gasteiger partial charge on any atom is 0.132 e. The summed E-state index contributed by atoms with van der Waals surface area (Å²) in [5, 5.41) is 3.40. The first-order chi connectivity index (χ1) is 16.5. The van der Waals surface area contributed by atoms with Crippen LogP contribution in [0.1, 0.15) is 56.4 Å². The van der Waals surface area contributed by atoms with E-state index in [4.69, 9.17) is 14.2 Å². The summed E-state index contributed by atoms with van der Waals surface area (Å²) in [4.78, 5) is 0. The molecule has 0 fully saturated rings. The lowest BCUT2D eigenvalue weighted by Crippen LogP contribution is -2.51. The number of benzene rings is 3. The molecule has 0 saturated heterocycles. The molecule has 5 heteroatoms. The molecule has 4 nitrogen and oxygen atoms in total. The molecule has 3 aromatic carbocycles. The van der Waals surface area contributed by atoms with E-state index in [0.717, 1.165) is 41.0 Å². The van der Waals surface area contributed by atoms with Crippen LogP contribution in [0.2, 0.25) is 0 Å². The van der Waals surface area contributed by atoms with Crippen molar-refractivity contribution in [3.63, 3.8) is 0 Å². The number of halogens is 1. The lowest BCUT2D eigenvalue weighted by atomic mass is 9.87. The minimum atomic E-state index is -0.560. The maximum atomic E-state index is 13.6. The van der Waals surface area contributed by atoms with Gasteiger partial charge < -0.3 is 19.5 Å². The maximum absolute atomic E-state index is 13.6. The Bertz CT molecular complexity index is 1070. The van der Waals surface area contributed by atoms with Crippen molar-refractivity contribution < 1.29 is 18.6 Å². The number of fused-ring (bicyclic) bond motifs is 1. The summed E-state index contributed by atoms with van der Waals surface area (Å²) in [7, 11) is 0. The number of ether oxygens (including phenoxy) is 3. The van der Waals surface area contributed by atoms with Crippen LogP contribution in [0.5, 0.6) is 5.75 Å². The first kappa shape index (κ1) is 24.2. The number of hydrogen-bond donors (Lipinski definition) is 1. The lowest BCUT2D eigenvalue weighted by Gasteiger charge is -2.44. The number of unbranched alkanes of at least 4 members (excludes halogenated alkanes) is 1. The van der Waals surface area contributed by atoms with E-state index in [1.165, 1.54) is 6.07 Å². The van der Waals surface area contributed by atoms with Gasteiger partial charge in [0.25, 0.3) is 0 Å². The predicted molar refractivity (Wildman–Crippen MR) is 133 cm³/mol. The highest BCUT2D eigenvalue weighted by Crippen LogP contribution is 2.44. The van der Waals surface area contributed by atoms with Crippen molar-refractivity contribution >= 4 is 5.69 Å². The summed E-state index contributed by atoms with van der Waals surface area (Å²) in [6.45, 7) is 7.93. The van der Waals surface area contributed by atoms with Gasteiger partial charge in [-0.15, -0.1) is 0 Å². The molecular weight excluding hydrogens is 429 g/mol. The fourth-order valence-electron chi connectivity index (χ4n) is 4.27. The minimum Gasteiger partial charge on any atom is -0.485 e. The summed E-state index contributed by atoms with van der Waals surface area (Å²) in [6, 6.07) is 22.8. The van der Waals surface area contributed by atoms with Crippen LogP contribution in [-0.4, -0.2) is 18.3 Å². The predicted octanol–water partition coefficient (Wildman–Crippen LogP) is 7.05. The molecule has 0 radical (unpaired) electrons. The standard InChI is InChI=1S/C29H34FNO3/c1-4-5-16-32-27-25-18-24(31-19-22-12-9-13-23(30)17-22)14-15-26(25)34-29(2,3)28(27)33-20-21-10-7-6-8-11-21/h6-15,17-18,27-28,31H,4-5,16,19-20H2,1-3H3. The first-order valence-electron chi connectivity index (χ1n) is 12.0. The molecule has 180 valence electrons. The second-order valence-corrected chi connectivity index (χ2v) is 9.30. The van der Waals surface area contributed by atoms with Crippen LogP contribution in [0, 0.1) is 5.82 Å². The number of nitrogens with one attached hydrogen (secondary N) is 1. The Morgan fingerprint density at radius 1 is 0.941 bits per heavy atom. The van der Waals surface area contributed by atoms with Crippen LogP contribution < -0.4 is 10.1 Å². The quantitative estimate of drug-likeness (QED) is 0.327. The first-order valence-corrected chi connectivity index (χ1v) is 12.0. The second kappa shape index (κ2) is 11.0. The van der Waals surface area contributed by atoms with Gasteiger partial charge in [0.05, 0.1) is 6.61 Å². The Hall–Kier alpha value is -2.89. The van der Waals surface area contributed by atoms with E-state index in [-0.39, 0.29) is 18.0 Å². The molecule has 0 aliphatic carbocycles. The van der Waals surface area contributed by atoms with E-state index >= 15 is 0 Å². The van der Waals surface area contributed by atoms with E-state index in [0.29, 0.717) is 19.8 Å².